The fourth-order valence-electron chi connectivity index (χ4n) is 3.51. The highest BCUT2D eigenvalue weighted by molar-refractivity contribution is 5.83. The van der Waals surface area contributed by atoms with Gasteiger partial charge in [0.25, 0.3) is 0 Å². The van der Waals surface area contributed by atoms with Crippen molar-refractivity contribution in [1.29, 1.82) is 0 Å². The molecule has 1 aromatic heterocycles. The zero-order valence-electron chi connectivity index (χ0n) is 14.1. The lowest BCUT2D eigenvalue weighted by Gasteiger charge is -2.32. The zero-order chi connectivity index (χ0) is 15.4. The molecule has 3 heteroatoms. The summed E-state index contributed by atoms with van der Waals surface area (Å²) in [4.78, 5) is 5.04. The molecule has 0 saturated carbocycles. The Morgan fingerprint density at radius 2 is 1.77 bits per heavy atom. The molecular formula is C19H29N3. The van der Waals surface area contributed by atoms with Crippen molar-refractivity contribution in [3.63, 3.8) is 0 Å². The van der Waals surface area contributed by atoms with Gasteiger partial charge >= 0.3 is 0 Å². The molecular weight excluding hydrogens is 270 g/mol. The maximum atomic E-state index is 2.62. The Hall–Kier alpha value is -1.32. The summed E-state index contributed by atoms with van der Waals surface area (Å²) in [6.07, 6.45) is 6.05. The lowest BCUT2D eigenvalue weighted by molar-refractivity contribution is 0.153. The minimum atomic E-state index is 1.12. The predicted molar refractivity (Wildman–Crippen MR) is 94.5 cm³/mol. The number of likely N-dealkylation sites (N-methyl/N-ethyl adjacent to an activating group) is 1. The first-order valence-corrected chi connectivity index (χ1v) is 8.75. The summed E-state index contributed by atoms with van der Waals surface area (Å²) in [7, 11) is 2.22. The summed E-state index contributed by atoms with van der Waals surface area (Å²) in [5, 5.41) is 1.45. The summed E-state index contributed by atoms with van der Waals surface area (Å²) >= 11 is 0. The Morgan fingerprint density at radius 1 is 1.00 bits per heavy atom. The molecule has 120 valence electrons. The number of fused-ring (bicyclic) bond motifs is 1. The van der Waals surface area contributed by atoms with Crippen molar-refractivity contribution in [3.8, 4) is 0 Å². The number of hydrogen-bond donors (Lipinski definition) is 0. The fraction of sp³-hybridized carbons (Fsp3) is 0.579. The molecule has 22 heavy (non-hydrogen) atoms. The summed E-state index contributed by atoms with van der Waals surface area (Å²) in [6.45, 7) is 9.51. The molecule has 0 bridgehead atoms. The number of benzene rings is 1. The third kappa shape index (κ3) is 3.53. The number of piperazine rings is 1. The van der Waals surface area contributed by atoms with E-state index < -0.39 is 0 Å². The van der Waals surface area contributed by atoms with Crippen LogP contribution in [-0.2, 0) is 13.0 Å². The molecule has 2 heterocycles. The Morgan fingerprint density at radius 3 is 2.55 bits per heavy atom. The maximum absolute atomic E-state index is 2.62. The van der Waals surface area contributed by atoms with E-state index in [0.29, 0.717) is 0 Å². The van der Waals surface area contributed by atoms with Gasteiger partial charge in [-0.3, -0.25) is 0 Å². The Bertz CT molecular complexity index is 594. The van der Waals surface area contributed by atoms with E-state index in [1.165, 1.54) is 68.5 Å². The third-order valence-electron chi connectivity index (χ3n) is 4.85. The van der Waals surface area contributed by atoms with Crippen LogP contribution in [-0.4, -0.2) is 54.1 Å². The normalized spacial score (nSPS) is 17.4. The highest BCUT2D eigenvalue weighted by atomic mass is 15.2. The van der Waals surface area contributed by atoms with E-state index in [-0.39, 0.29) is 0 Å². The SMILES string of the molecule is CCCn1cc(CCCN2CCN(C)CC2)c2ccccc21. The molecule has 1 aromatic carbocycles. The number of aromatic nitrogens is 1. The standard InChI is InChI=1S/C19H29N3/c1-3-10-22-16-17(18-8-4-5-9-19(18)22)7-6-11-21-14-12-20(2)13-15-21/h4-5,8-9,16H,3,6-7,10-15H2,1-2H3. The van der Waals surface area contributed by atoms with Crippen LogP contribution in [0.1, 0.15) is 25.3 Å². The number of aryl methyl sites for hydroxylation is 2. The van der Waals surface area contributed by atoms with Crippen molar-refractivity contribution in [2.45, 2.75) is 32.7 Å². The van der Waals surface area contributed by atoms with Crippen LogP contribution < -0.4 is 0 Å². The number of nitrogens with zero attached hydrogens (tertiary/aromatic N) is 3. The molecule has 2 aromatic rings. The van der Waals surface area contributed by atoms with Crippen LogP contribution in [0.15, 0.2) is 30.5 Å². The van der Waals surface area contributed by atoms with Crippen LogP contribution in [0.5, 0.6) is 0 Å². The zero-order valence-corrected chi connectivity index (χ0v) is 14.1. The van der Waals surface area contributed by atoms with Gasteiger partial charge in [-0.2, -0.15) is 0 Å². The molecule has 0 spiro atoms. The maximum Gasteiger partial charge on any atom is 0.0483 e. The quantitative estimate of drug-likeness (QED) is 0.811. The van der Waals surface area contributed by atoms with Gasteiger partial charge in [0.05, 0.1) is 0 Å². The van der Waals surface area contributed by atoms with Gasteiger partial charge in [0.2, 0.25) is 0 Å². The van der Waals surface area contributed by atoms with Crippen molar-refractivity contribution in [3.05, 3.63) is 36.0 Å². The van der Waals surface area contributed by atoms with Crippen molar-refractivity contribution >= 4 is 10.9 Å². The monoisotopic (exact) mass is 299 g/mol. The third-order valence-corrected chi connectivity index (χ3v) is 4.85. The van der Waals surface area contributed by atoms with E-state index in [1.54, 1.807) is 0 Å². The second-order valence-electron chi connectivity index (χ2n) is 6.61. The minimum Gasteiger partial charge on any atom is -0.347 e. The van der Waals surface area contributed by atoms with E-state index >= 15 is 0 Å². The smallest absolute Gasteiger partial charge is 0.0483 e. The number of para-hydroxylation sites is 1. The lowest BCUT2D eigenvalue weighted by atomic mass is 10.1. The van der Waals surface area contributed by atoms with Crippen molar-refractivity contribution in [2.24, 2.45) is 0 Å². The van der Waals surface area contributed by atoms with Gasteiger partial charge in [0.1, 0.15) is 0 Å². The van der Waals surface area contributed by atoms with Crippen LogP contribution in [0.4, 0.5) is 0 Å². The summed E-state index contributed by atoms with van der Waals surface area (Å²) in [5.74, 6) is 0. The summed E-state index contributed by atoms with van der Waals surface area (Å²) < 4.78 is 2.43. The number of hydrogen-bond acceptors (Lipinski definition) is 2. The van der Waals surface area contributed by atoms with E-state index in [0.717, 1.165) is 6.54 Å². The lowest BCUT2D eigenvalue weighted by Crippen LogP contribution is -2.44. The van der Waals surface area contributed by atoms with Gasteiger partial charge in [-0.1, -0.05) is 25.1 Å². The van der Waals surface area contributed by atoms with Crippen molar-refractivity contribution in [1.82, 2.24) is 14.4 Å². The molecule has 1 fully saturated rings. The molecule has 1 saturated heterocycles. The highest BCUT2D eigenvalue weighted by Crippen LogP contribution is 2.23. The molecule has 0 unspecified atom stereocenters. The first-order valence-electron chi connectivity index (χ1n) is 8.75. The average molecular weight is 299 g/mol. The predicted octanol–water partition coefficient (Wildman–Crippen LogP) is 3.23. The fourth-order valence-corrected chi connectivity index (χ4v) is 3.51. The van der Waals surface area contributed by atoms with Gasteiger partial charge < -0.3 is 14.4 Å². The van der Waals surface area contributed by atoms with Gasteiger partial charge in [-0.25, -0.2) is 0 Å². The molecule has 3 nitrogen and oxygen atoms in total. The molecule has 0 aliphatic carbocycles. The molecule has 1 aliphatic heterocycles. The molecule has 0 amide bonds. The molecule has 0 radical (unpaired) electrons. The highest BCUT2D eigenvalue weighted by Gasteiger charge is 2.13. The first kappa shape index (κ1) is 15.6. The van der Waals surface area contributed by atoms with E-state index in [4.69, 9.17) is 0 Å². The van der Waals surface area contributed by atoms with E-state index in [9.17, 15) is 0 Å². The van der Waals surface area contributed by atoms with Crippen LogP contribution in [0.3, 0.4) is 0 Å². The van der Waals surface area contributed by atoms with E-state index in [1.807, 2.05) is 0 Å². The van der Waals surface area contributed by atoms with Crippen molar-refractivity contribution < 1.29 is 0 Å². The van der Waals surface area contributed by atoms with Gasteiger partial charge in [-0.05, 0) is 44.5 Å². The summed E-state index contributed by atoms with van der Waals surface area (Å²) in [6, 6.07) is 8.87. The molecule has 3 rings (SSSR count). The molecule has 1 aliphatic rings. The average Bonchev–Trinajstić information content (AvgIpc) is 2.88. The Kier molecular flexibility index (Phi) is 5.16. The van der Waals surface area contributed by atoms with Gasteiger partial charge in [-0.15, -0.1) is 0 Å². The topological polar surface area (TPSA) is 11.4 Å². The Labute approximate surface area is 134 Å². The van der Waals surface area contributed by atoms with Crippen LogP contribution in [0.2, 0.25) is 0 Å². The molecule has 0 atom stereocenters. The van der Waals surface area contributed by atoms with Gasteiger partial charge in [0.15, 0.2) is 0 Å². The second-order valence-corrected chi connectivity index (χ2v) is 6.61. The van der Waals surface area contributed by atoms with E-state index in [2.05, 4.69) is 58.8 Å². The van der Waals surface area contributed by atoms with Crippen LogP contribution in [0.25, 0.3) is 10.9 Å². The number of rotatable bonds is 6. The Balaban J connectivity index is 1.61. The first-order chi connectivity index (χ1) is 10.8. The van der Waals surface area contributed by atoms with Gasteiger partial charge in [0, 0.05) is 49.8 Å². The van der Waals surface area contributed by atoms with Crippen LogP contribution >= 0.6 is 0 Å². The largest absolute Gasteiger partial charge is 0.347 e. The van der Waals surface area contributed by atoms with Crippen LogP contribution in [0, 0.1) is 0 Å². The molecule has 0 N–H and O–H groups in total. The second kappa shape index (κ2) is 7.30. The summed E-state index contributed by atoms with van der Waals surface area (Å²) in [5.41, 5.74) is 2.93. The van der Waals surface area contributed by atoms with Crippen molar-refractivity contribution in [2.75, 3.05) is 39.8 Å². The minimum absolute atomic E-state index is 1.12.